The minimum Gasteiger partial charge on any atom is -0.497 e. The topological polar surface area (TPSA) is 128 Å². The molecule has 1 atom stereocenters. The van der Waals surface area contributed by atoms with Gasteiger partial charge >= 0.3 is 5.69 Å². The highest BCUT2D eigenvalue weighted by Gasteiger charge is 2.25. The Labute approximate surface area is 183 Å². The molecule has 4 N–H and O–H groups in total. The SMILES string of the molecule is COc1ccc(Cc2[nH][nH]c(=O)c2C(CC(N)=O)c2ccc3c(c2)n(C)c(=O)n3C)cc1. The van der Waals surface area contributed by atoms with E-state index in [1.165, 1.54) is 0 Å². The molecule has 0 aliphatic rings. The van der Waals surface area contributed by atoms with Crippen LogP contribution in [0, 0.1) is 0 Å². The van der Waals surface area contributed by atoms with Crippen molar-refractivity contribution >= 4 is 16.9 Å². The van der Waals surface area contributed by atoms with Gasteiger partial charge in [-0.1, -0.05) is 18.2 Å². The number of ether oxygens (including phenoxy) is 1. The fraction of sp³-hybridized carbons (Fsp3) is 0.261. The number of hydrogen-bond donors (Lipinski definition) is 3. The minimum atomic E-state index is -0.560. The highest BCUT2D eigenvalue weighted by Crippen LogP contribution is 2.30. The van der Waals surface area contributed by atoms with Gasteiger partial charge in [-0.2, -0.15) is 0 Å². The number of imidazole rings is 1. The van der Waals surface area contributed by atoms with Gasteiger partial charge in [-0.3, -0.25) is 23.8 Å². The summed E-state index contributed by atoms with van der Waals surface area (Å²) in [6.45, 7) is 0. The molecule has 4 aromatic rings. The first-order chi connectivity index (χ1) is 15.3. The van der Waals surface area contributed by atoms with E-state index in [1.807, 2.05) is 42.5 Å². The highest BCUT2D eigenvalue weighted by molar-refractivity contribution is 5.79. The first-order valence-corrected chi connectivity index (χ1v) is 10.2. The summed E-state index contributed by atoms with van der Waals surface area (Å²) in [6.07, 6.45) is 0.419. The number of hydrogen-bond acceptors (Lipinski definition) is 4. The van der Waals surface area contributed by atoms with Gasteiger partial charge in [-0.05, 0) is 35.4 Å². The molecule has 1 amide bonds. The average Bonchev–Trinajstić information content (AvgIpc) is 3.24. The number of aromatic amines is 2. The molecule has 166 valence electrons. The van der Waals surface area contributed by atoms with Crippen molar-refractivity contribution in [3.8, 4) is 5.75 Å². The van der Waals surface area contributed by atoms with Gasteiger partial charge in [-0.25, -0.2) is 4.79 Å². The summed E-state index contributed by atoms with van der Waals surface area (Å²) in [6, 6.07) is 13.0. The molecule has 0 fully saturated rings. The lowest BCUT2D eigenvalue weighted by Crippen LogP contribution is -2.21. The fourth-order valence-electron chi connectivity index (χ4n) is 4.19. The molecule has 0 aliphatic carbocycles. The minimum absolute atomic E-state index is 0.0389. The van der Waals surface area contributed by atoms with Crippen molar-refractivity contribution in [1.82, 2.24) is 19.3 Å². The quantitative estimate of drug-likeness (QED) is 0.406. The number of rotatable bonds is 7. The molecule has 32 heavy (non-hydrogen) atoms. The van der Waals surface area contributed by atoms with Crippen LogP contribution in [0.1, 0.15) is 34.7 Å². The van der Waals surface area contributed by atoms with Gasteiger partial charge in [0.2, 0.25) is 5.91 Å². The van der Waals surface area contributed by atoms with Crippen LogP contribution in [0.25, 0.3) is 11.0 Å². The lowest BCUT2D eigenvalue weighted by Gasteiger charge is -2.16. The number of nitrogens with one attached hydrogen (secondary N) is 2. The summed E-state index contributed by atoms with van der Waals surface area (Å²) in [5, 5.41) is 5.60. The third-order valence-electron chi connectivity index (χ3n) is 5.89. The van der Waals surface area contributed by atoms with E-state index in [4.69, 9.17) is 10.5 Å². The lowest BCUT2D eigenvalue weighted by molar-refractivity contribution is -0.118. The number of amides is 1. The predicted octanol–water partition coefficient (Wildman–Crippen LogP) is 1.50. The van der Waals surface area contributed by atoms with Gasteiger partial charge in [0.05, 0.1) is 18.1 Å². The highest BCUT2D eigenvalue weighted by atomic mass is 16.5. The van der Waals surface area contributed by atoms with Gasteiger partial charge in [0.1, 0.15) is 5.75 Å². The van der Waals surface area contributed by atoms with Gasteiger partial charge in [0.25, 0.3) is 5.56 Å². The second-order valence-electron chi connectivity index (χ2n) is 7.87. The number of H-pyrrole nitrogens is 2. The molecule has 9 heteroatoms. The number of benzene rings is 2. The van der Waals surface area contributed by atoms with Gasteiger partial charge < -0.3 is 15.6 Å². The van der Waals surface area contributed by atoms with E-state index in [9.17, 15) is 14.4 Å². The maximum Gasteiger partial charge on any atom is 0.328 e. The predicted molar refractivity (Wildman–Crippen MR) is 121 cm³/mol. The second-order valence-corrected chi connectivity index (χ2v) is 7.87. The van der Waals surface area contributed by atoms with E-state index in [2.05, 4.69) is 10.2 Å². The van der Waals surface area contributed by atoms with Crippen LogP contribution in [-0.4, -0.2) is 32.3 Å². The van der Waals surface area contributed by atoms with Crippen LogP contribution in [-0.2, 0) is 25.3 Å². The number of methoxy groups -OCH3 is 1. The first-order valence-electron chi connectivity index (χ1n) is 10.2. The standard InChI is InChI=1S/C23H25N5O4/c1-27-18-9-6-14(11-19(18)28(2)23(27)31)16(12-20(24)29)21-17(25-26-22(21)30)10-13-4-7-15(32-3)8-5-13/h4-9,11,16H,10,12H2,1-3H3,(H2,24,29)(H2,25,26,30). The number of fused-ring (bicyclic) bond motifs is 1. The van der Waals surface area contributed by atoms with E-state index in [0.717, 1.165) is 22.4 Å². The molecule has 2 heterocycles. The van der Waals surface area contributed by atoms with Crippen molar-refractivity contribution in [2.24, 2.45) is 19.8 Å². The summed E-state index contributed by atoms with van der Waals surface area (Å²) in [5.41, 5.74) is 9.42. The maximum absolute atomic E-state index is 12.8. The average molecular weight is 435 g/mol. The van der Waals surface area contributed by atoms with Crippen LogP contribution in [0.5, 0.6) is 5.75 Å². The molecule has 0 saturated heterocycles. The van der Waals surface area contributed by atoms with Gasteiger partial charge in [0, 0.05) is 44.1 Å². The zero-order valence-electron chi connectivity index (χ0n) is 18.1. The maximum atomic E-state index is 12.8. The Kier molecular flexibility index (Phi) is 5.48. The molecule has 9 nitrogen and oxygen atoms in total. The van der Waals surface area contributed by atoms with E-state index in [-0.39, 0.29) is 17.7 Å². The van der Waals surface area contributed by atoms with E-state index < -0.39 is 11.8 Å². The van der Waals surface area contributed by atoms with E-state index in [0.29, 0.717) is 23.2 Å². The Hall–Kier alpha value is -4.01. The number of nitrogens with two attached hydrogens (primary N) is 1. The number of carbonyl (C=O) groups excluding carboxylic acids is 1. The van der Waals surface area contributed by atoms with Crippen LogP contribution in [0.3, 0.4) is 0 Å². The Morgan fingerprint density at radius 3 is 2.38 bits per heavy atom. The molecule has 0 bridgehead atoms. The molecule has 0 radical (unpaired) electrons. The number of nitrogens with zero attached hydrogens (tertiary/aromatic N) is 2. The summed E-state index contributed by atoms with van der Waals surface area (Å²) in [5.74, 6) is -0.339. The molecule has 0 aliphatic heterocycles. The van der Waals surface area contributed by atoms with E-state index >= 15 is 0 Å². The molecular formula is C23H25N5O4. The van der Waals surface area contributed by atoms with E-state index in [1.54, 1.807) is 30.3 Å². The Bertz CT molecular complexity index is 1410. The second kappa shape index (κ2) is 8.26. The third kappa shape index (κ3) is 3.73. The smallest absolute Gasteiger partial charge is 0.328 e. The Balaban J connectivity index is 1.81. The molecule has 4 rings (SSSR count). The number of carbonyl (C=O) groups is 1. The van der Waals surface area contributed by atoms with Crippen molar-refractivity contribution in [2.75, 3.05) is 7.11 Å². The zero-order chi connectivity index (χ0) is 23.0. The Morgan fingerprint density at radius 1 is 1.03 bits per heavy atom. The van der Waals surface area contributed by atoms with Crippen molar-refractivity contribution in [1.29, 1.82) is 0 Å². The van der Waals surface area contributed by atoms with Crippen molar-refractivity contribution in [2.45, 2.75) is 18.8 Å². The largest absolute Gasteiger partial charge is 0.497 e. The Morgan fingerprint density at radius 2 is 1.72 bits per heavy atom. The zero-order valence-corrected chi connectivity index (χ0v) is 18.1. The summed E-state index contributed by atoms with van der Waals surface area (Å²) in [4.78, 5) is 37.1. The normalized spacial score (nSPS) is 12.2. The van der Waals surface area contributed by atoms with Crippen LogP contribution in [0.15, 0.2) is 52.1 Å². The fourth-order valence-corrected chi connectivity index (χ4v) is 4.19. The first kappa shape index (κ1) is 21.2. The van der Waals surface area contributed by atoms with Crippen LogP contribution >= 0.6 is 0 Å². The summed E-state index contributed by atoms with van der Waals surface area (Å²) < 4.78 is 8.30. The van der Waals surface area contributed by atoms with Crippen LogP contribution in [0.2, 0.25) is 0 Å². The summed E-state index contributed by atoms with van der Waals surface area (Å²) in [7, 11) is 5.00. The number of aromatic nitrogens is 4. The van der Waals surface area contributed by atoms with Crippen LogP contribution in [0.4, 0.5) is 0 Å². The molecule has 0 spiro atoms. The van der Waals surface area contributed by atoms with Gasteiger partial charge in [-0.15, -0.1) is 0 Å². The van der Waals surface area contributed by atoms with Crippen LogP contribution < -0.4 is 21.7 Å². The van der Waals surface area contributed by atoms with Crippen molar-refractivity contribution < 1.29 is 9.53 Å². The molecular weight excluding hydrogens is 410 g/mol. The molecule has 2 aromatic heterocycles. The number of primary amides is 1. The third-order valence-corrected chi connectivity index (χ3v) is 5.89. The lowest BCUT2D eigenvalue weighted by atomic mass is 9.87. The van der Waals surface area contributed by atoms with Crippen molar-refractivity contribution in [3.05, 3.63) is 85.7 Å². The van der Waals surface area contributed by atoms with Gasteiger partial charge in [0.15, 0.2) is 0 Å². The summed E-state index contributed by atoms with van der Waals surface area (Å²) >= 11 is 0. The molecule has 1 unspecified atom stereocenters. The monoisotopic (exact) mass is 435 g/mol. The number of aryl methyl sites for hydroxylation is 2. The molecule has 2 aromatic carbocycles. The van der Waals surface area contributed by atoms with Crippen molar-refractivity contribution in [3.63, 3.8) is 0 Å². The molecule has 0 saturated carbocycles.